The van der Waals surface area contributed by atoms with Crippen molar-refractivity contribution in [2.24, 2.45) is 5.41 Å². The first kappa shape index (κ1) is 34.0. The first-order chi connectivity index (χ1) is 20.8. The van der Waals surface area contributed by atoms with Gasteiger partial charge in [0.2, 0.25) is 11.8 Å². The molecule has 3 amide bonds. The van der Waals surface area contributed by atoms with E-state index in [1.54, 1.807) is 32.4 Å². The highest BCUT2D eigenvalue weighted by atomic mass is 19.1. The number of carbonyl (C=O) groups is 3. The summed E-state index contributed by atoms with van der Waals surface area (Å²) in [5.74, 6) is -1.16. The number of methoxy groups -OCH3 is 1. The Labute approximate surface area is 256 Å². The van der Waals surface area contributed by atoms with Crippen LogP contribution in [0.4, 0.5) is 14.9 Å². The third-order valence-corrected chi connectivity index (χ3v) is 6.62. The van der Waals surface area contributed by atoms with E-state index in [0.717, 1.165) is 11.1 Å². The number of rotatable bonds is 13. The summed E-state index contributed by atoms with van der Waals surface area (Å²) in [6.45, 7) is 6.59. The van der Waals surface area contributed by atoms with E-state index < -0.39 is 23.6 Å². The van der Waals surface area contributed by atoms with E-state index in [1.165, 1.54) is 40.9 Å². The Morgan fingerprint density at radius 1 is 1.16 bits per heavy atom. The summed E-state index contributed by atoms with van der Waals surface area (Å²) in [6.07, 6.45) is 4.87. The van der Waals surface area contributed by atoms with Gasteiger partial charge in [0.25, 0.3) is 5.56 Å². The number of allylic oxidation sites excluding steroid dienone is 1. The lowest BCUT2D eigenvalue weighted by Crippen LogP contribution is -2.45. The number of benzene rings is 1. The van der Waals surface area contributed by atoms with Crippen LogP contribution < -0.4 is 16.2 Å². The number of anilines is 1. The molecule has 3 rings (SSSR count). The molecule has 2 heterocycles. The molecule has 3 aromatic rings. The third kappa shape index (κ3) is 10.1. The molecule has 0 fully saturated rings. The van der Waals surface area contributed by atoms with E-state index in [2.05, 4.69) is 36.4 Å². The highest BCUT2D eigenvalue weighted by Crippen LogP contribution is 2.28. The number of nitrogens with one attached hydrogen (secondary N) is 3. The predicted octanol–water partition coefficient (Wildman–Crippen LogP) is 4.21. The number of H-pyrrole nitrogens is 1. The van der Waals surface area contributed by atoms with Crippen LogP contribution in [-0.4, -0.2) is 72.8 Å². The number of likely N-dealkylation sites (N-methyl/N-ethyl adjacent to an activating group) is 1. The Morgan fingerprint density at radius 2 is 1.91 bits per heavy atom. The molecule has 1 aromatic carbocycles. The molecule has 0 aliphatic rings. The summed E-state index contributed by atoms with van der Waals surface area (Å²) < 4.78 is 25.7. The van der Waals surface area contributed by atoms with Crippen molar-refractivity contribution in [3.63, 3.8) is 0 Å². The average molecular weight is 612 g/mol. The largest absolute Gasteiger partial charge is 0.447 e. The van der Waals surface area contributed by atoms with Gasteiger partial charge in [0.1, 0.15) is 24.2 Å². The smallest absolute Gasteiger partial charge is 0.407 e. The van der Waals surface area contributed by atoms with Crippen LogP contribution in [0.25, 0.3) is 10.9 Å². The fourth-order valence-electron chi connectivity index (χ4n) is 4.56. The molecule has 0 saturated carbocycles. The standard InChI is InChI=1S/C32H42FN5O6/c1-32(2,3)19-22-17-23(33)16-21-18-24(34-28(21)22)20-38-13-9-11-26(30(38)41)35-29(40)25(36-31(42)44-15-14-43-6)10-7-8-12-27(39)37(4)5/h8-9,11-13,16-18,25,34H,7,10,14-15,19-20H2,1-6H3,(H,35,40)(H,36,42)/b12-8+/t25-/m0/s1. The second-order valence-electron chi connectivity index (χ2n) is 11.9. The zero-order valence-corrected chi connectivity index (χ0v) is 26.2. The van der Waals surface area contributed by atoms with Crippen LogP contribution in [0.15, 0.2) is 53.5 Å². The lowest BCUT2D eigenvalue weighted by Gasteiger charge is -2.18. The number of pyridine rings is 1. The van der Waals surface area contributed by atoms with Gasteiger partial charge < -0.3 is 34.6 Å². The summed E-state index contributed by atoms with van der Waals surface area (Å²) in [5, 5.41) is 5.85. The number of hydrogen-bond donors (Lipinski definition) is 3. The minimum absolute atomic E-state index is 0.00456. The number of nitrogens with zero attached hydrogens (tertiary/aromatic N) is 2. The van der Waals surface area contributed by atoms with Gasteiger partial charge in [0.15, 0.2) is 0 Å². The molecule has 0 radical (unpaired) electrons. The molecule has 238 valence electrons. The maximum atomic E-state index is 14.4. The van der Waals surface area contributed by atoms with Crippen molar-refractivity contribution in [3.8, 4) is 0 Å². The van der Waals surface area contributed by atoms with Crippen LogP contribution in [0.1, 0.15) is 44.9 Å². The number of aromatic nitrogens is 2. The van der Waals surface area contributed by atoms with Crippen molar-refractivity contribution in [1.29, 1.82) is 0 Å². The van der Waals surface area contributed by atoms with Crippen LogP contribution in [0.5, 0.6) is 0 Å². The summed E-state index contributed by atoms with van der Waals surface area (Å²) in [4.78, 5) is 55.5. The van der Waals surface area contributed by atoms with Crippen molar-refractivity contribution in [1.82, 2.24) is 19.8 Å². The summed E-state index contributed by atoms with van der Waals surface area (Å²) in [7, 11) is 4.71. The first-order valence-corrected chi connectivity index (χ1v) is 14.4. The lowest BCUT2D eigenvalue weighted by molar-refractivity contribution is -0.123. The molecular weight excluding hydrogens is 569 g/mol. The second-order valence-corrected chi connectivity index (χ2v) is 11.9. The highest BCUT2D eigenvalue weighted by molar-refractivity contribution is 5.96. The fraction of sp³-hybridized carbons (Fsp3) is 0.438. The van der Waals surface area contributed by atoms with Gasteiger partial charge >= 0.3 is 6.09 Å². The van der Waals surface area contributed by atoms with Crippen molar-refractivity contribution >= 4 is 34.5 Å². The van der Waals surface area contributed by atoms with Gasteiger partial charge in [0.05, 0.1) is 13.2 Å². The van der Waals surface area contributed by atoms with Crippen molar-refractivity contribution in [3.05, 3.63) is 76.1 Å². The molecule has 0 aliphatic heterocycles. The van der Waals surface area contributed by atoms with Crippen LogP contribution in [0.2, 0.25) is 0 Å². The van der Waals surface area contributed by atoms with E-state index in [0.29, 0.717) is 23.9 Å². The molecular formula is C32H42FN5O6. The lowest BCUT2D eigenvalue weighted by atomic mass is 9.87. The molecule has 0 unspecified atom stereocenters. The van der Waals surface area contributed by atoms with Gasteiger partial charge in [-0.15, -0.1) is 0 Å². The van der Waals surface area contributed by atoms with Crippen molar-refractivity contribution in [2.75, 3.05) is 39.7 Å². The number of aromatic amines is 1. The van der Waals surface area contributed by atoms with Crippen LogP contribution in [0.3, 0.4) is 0 Å². The maximum absolute atomic E-state index is 14.4. The van der Waals surface area contributed by atoms with Gasteiger partial charge in [-0.1, -0.05) is 26.8 Å². The number of hydrogen-bond acceptors (Lipinski definition) is 6. The molecule has 0 spiro atoms. The fourth-order valence-corrected chi connectivity index (χ4v) is 4.56. The Bertz CT molecular complexity index is 1550. The Kier molecular flexibility index (Phi) is 11.9. The second kappa shape index (κ2) is 15.3. The Balaban J connectivity index is 1.78. The first-order valence-electron chi connectivity index (χ1n) is 14.4. The topological polar surface area (TPSA) is 135 Å². The molecule has 3 N–H and O–H groups in total. The summed E-state index contributed by atoms with van der Waals surface area (Å²) >= 11 is 0. The van der Waals surface area contributed by atoms with E-state index in [1.807, 2.05) is 6.07 Å². The van der Waals surface area contributed by atoms with Crippen LogP contribution in [-0.2, 0) is 32.0 Å². The highest BCUT2D eigenvalue weighted by Gasteiger charge is 2.22. The number of halogens is 1. The monoisotopic (exact) mass is 611 g/mol. The van der Waals surface area contributed by atoms with Crippen LogP contribution in [0, 0.1) is 11.2 Å². The molecule has 12 heteroatoms. The normalized spacial score (nSPS) is 12.3. The molecule has 11 nitrogen and oxygen atoms in total. The van der Waals surface area contributed by atoms with E-state index in [4.69, 9.17) is 9.47 Å². The molecule has 0 saturated heterocycles. The van der Waals surface area contributed by atoms with Gasteiger partial charge in [0, 0.05) is 44.0 Å². The molecule has 44 heavy (non-hydrogen) atoms. The Hall–Kier alpha value is -4.45. The van der Waals surface area contributed by atoms with E-state index in [9.17, 15) is 23.6 Å². The van der Waals surface area contributed by atoms with Crippen molar-refractivity contribution in [2.45, 2.75) is 52.6 Å². The Morgan fingerprint density at radius 3 is 2.59 bits per heavy atom. The summed E-state index contributed by atoms with van der Waals surface area (Å²) in [6, 6.07) is 6.85. The number of alkyl carbamates (subject to hydrolysis) is 1. The number of carbonyl (C=O) groups excluding carboxylic acids is 3. The maximum Gasteiger partial charge on any atom is 0.407 e. The summed E-state index contributed by atoms with van der Waals surface area (Å²) in [5.41, 5.74) is 1.88. The molecule has 2 aromatic heterocycles. The van der Waals surface area contributed by atoms with Gasteiger partial charge in [-0.05, 0) is 66.6 Å². The van der Waals surface area contributed by atoms with Gasteiger partial charge in [-0.3, -0.25) is 14.4 Å². The average Bonchev–Trinajstić information content (AvgIpc) is 3.34. The minimum Gasteiger partial charge on any atom is -0.447 e. The van der Waals surface area contributed by atoms with Gasteiger partial charge in [-0.25, -0.2) is 9.18 Å². The van der Waals surface area contributed by atoms with Gasteiger partial charge in [-0.2, -0.15) is 0 Å². The van der Waals surface area contributed by atoms with Crippen LogP contribution >= 0.6 is 0 Å². The zero-order valence-electron chi connectivity index (χ0n) is 26.2. The molecule has 0 aliphatic carbocycles. The van der Waals surface area contributed by atoms with Crippen molar-refractivity contribution < 1.29 is 28.2 Å². The zero-order chi connectivity index (χ0) is 32.4. The predicted molar refractivity (Wildman–Crippen MR) is 167 cm³/mol. The third-order valence-electron chi connectivity index (χ3n) is 6.62. The molecule has 0 bridgehead atoms. The van der Waals surface area contributed by atoms with E-state index in [-0.39, 0.29) is 49.0 Å². The number of ether oxygens (including phenoxy) is 2. The molecule has 1 atom stereocenters. The van der Waals surface area contributed by atoms with E-state index >= 15 is 0 Å². The quantitative estimate of drug-likeness (QED) is 0.196. The number of amides is 3. The SMILES string of the molecule is COCCOC(=O)N[C@@H](CC/C=C/C(=O)N(C)C)C(=O)Nc1cccn(Cc2cc3cc(F)cc(CC(C)(C)C)c3[nH]2)c1=O. The number of fused-ring (bicyclic) bond motifs is 1. The minimum atomic E-state index is -1.05.